The molecule has 0 saturated carbocycles. The minimum Gasteiger partial charge on any atom is -0.467 e. The summed E-state index contributed by atoms with van der Waals surface area (Å²) < 4.78 is 35.5. The lowest BCUT2D eigenvalue weighted by Crippen LogP contribution is -2.51. The highest BCUT2D eigenvalue weighted by Gasteiger charge is 2.34. The lowest BCUT2D eigenvalue weighted by molar-refractivity contribution is 0.292. The van der Waals surface area contributed by atoms with Gasteiger partial charge in [0.15, 0.2) is 5.82 Å². The number of aryl methyl sites for hydroxylation is 1. The van der Waals surface area contributed by atoms with E-state index >= 15 is 4.39 Å². The fourth-order valence-corrected chi connectivity index (χ4v) is 6.26. The second kappa shape index (κ2) is 11.5. The van der Waals surface area contributed by atoms with E-state index in [1.54, 1.807) is 17.1 Å². The van der Waals surface area contributed by atoms with E-state index in [9.17, 15) is 4.39 Å². The van der Waals surface area contributed by atoms with Crippen molar-refractivity contribution in [2.24, 2.45) is 7.05 Å². The second-order valence-corrected chi connectivity index (χ2v) is 10.8. The lowest BCUT2D eigenvalue weighted by Gasteiger charge is -2.34. The van der Waals surface area contributed by atoms with Crippen LogP contribution in [0.15, 0.2) is 30.6 Å². The number of fused-ring (bicyclic) bond motifs is 3. The summed E-state index contributed by atoms with van der Waals surface area (Å²) in [6.45, 7) is 3.78. The molecule has 12 heteroatoms. The van der Waals surface area contributed by atoms with Crippen molar-refractivity contribution in [3.05, 3.63) is 36.4 Å². The van der Waals surface area contributed by atoms with Gasteiger partial charge >= 0.3 is 6.01 Å². The molecule has 3 unspecified atom stereocenters. The third-order valence-corrected chi connectivity index (χ3v) is 8.19. The molecule has 4 aromatic rings. The summed E-state index contributed by atoms with van der Waals surface area (Å²) in [5, 5.41) is 18.1. The smallest absolute Gasteiger partial charge is 0.318 e. The quantitative estimate of drug-likeness (QED) is 0.400. The molecule has 0 radical (unpaired) electrons. The molecule has 0 bridgehead atoms. The number of hydrogen-bond acceptors (Lipinski definition) is 9. The van der Waals surface area contributed by atoms with Crippen molar-refractivity contribution in [1.82, 2.24) is 34.9 Å². The molecule has 0 spiro atoms. The number of alkyl halides is 1. The number of pyridine rings is 1. The molecular weight excluding hydrogens is 528 g/mol. The first-order chi connectivity index (χ1) is 20.0. The van der Waals surface area contributed by atoms with E-state index in [1.807, 2.05) is 30.1 Å². The first-order valence-electron chi connectivity index (χ1n) is 14.0. The zero-order chi connectivity index (χ0) is 28.5. The maximum Gasteiger partial charge on any atom is 0.318 e. The number of nitriles is 1. The minimum absolute atomic E-state index is 0.00397. The van der Waals surface area contributed by atoms with Gasteiger partial charge in [-0.05, 0) is 25.8 Å². The number of rotatable bonds is 4. The summed E-state index contributed by atoms with van der Waals surface area (Å²) in [5.41, 5.74) is 1.77. The van der Waals surface area contributed by atoms with Crippen LogP contribution in [0.5, 0.6) is 6.01 Å². The van der Waals surface area contributed by atoms with E-state index in [2.05, 4.69) is 36.3 Å². The fourth-order valence-electron chi connectivity index (χ4n) is 6.26. The summed E-state index contributed by atoms with van der Waals surface area (Å²) in [7, 11) is 3.27. The van der Waals surface area contributed by atoms with Gasteiger partial charge in [0.1, 0.15) is 23.2 Å². The van der Waals surface area contributed by atoms with E-state index in [4.69, 9.17) is 10.00 Å². The molecule has 7 rings (SSSR count). The number of anilines is 1. The van der Waals surface area contributed by atoms with Gasteiger partial charge in [0, 0.05) is 62.5 Å². The molecule has 0 amide bonds. The van der Waals surface area contributed by atoms with E-state index in [-0.39, 0.29) is 23.3 Å². The average molecular weight is 562 g/mol. The topological polar surface area (TPSA) is 108 Å². The predicted molar refractivity (Wildman–Crippen MR) is 152 cm³/mol. The van der Waals surface area contributed by atoms with Gasteiger partial charge in [-0.15, -0.1) is 0 Å². The molecule has 3 saturated heterocycles. The molecule has 1 aromatic carbocycles. The maximum atomic E-state index is 15.9. The number of halogens is 2. The lowest BCUT2D eigenvalue weighted by atomic mass is 10.1. The minimum atomic E-state index is -0.540. The monoisotopic (exact) mass is 561 g/mol. The summed E-state index contributed by atoms with van der Waals surface area (Å²) in [6.07, 6.45) is 6.54. The standard InChI is InChI=1S/C22H21FN8O.C7H12FN/c1-30-20-13(10-27-30)4-3-5-15(20)18-17(23)19-16(11-26-18)21(29-22(28-19)32-2)31-9-8-25-14(12-31)6-7-24;8-6-4-7-2-1-3-9(7)5-6/h3-5,10-11,14,25H,6,8-9,12H2,1-2H3;6-7H,1-5H2. The Morgan fingerprint density at radius 1 is 1.20 bits per heavy atom. The number of nitrogens with zero attached hydrogens (tertiary/aromatic N) is 8. The third kappa shape index (κ3) is 5.27. The van der Waals surface area contributed by atoms with Crippen molar-refractivity contribution in [2.45, 2.75) is 43.9 Å². The van der Waals surface area contributed by atoms with Gasteiger partial charge in [-0.2, -0.15) is 20.3 Å². The zero-order valence-electron chi connectivity index (χ0n) is 23.2. The van der Waals surface area contributed by atoms with E-state index in [0.717, 1.165) is 23.9 Å². The van der Waals surface area contributed by atoms with Crippen LogP contribution in [-0.2, 0) is 7.05 Å². The molecule has 10 nitrogen and oxygen atoms in total. The van der Waals surface area contributed by atoms with Crippen LogP contribution in [0.2, 0.25) is 0 Å². The summed E-state index contributed by atoms with van der Waals surface area (Å²) in [5.74, 6) is 0.00911. The fraction of sp³-hybridized carbons (Fsp3) is 0.483. The summed E-state index contributed by atoms with van der Waals surface area (Å²) in [6, 6.07) is 8.49. The second-order valence-electron chi connectivity index (χ2n) is 10.8. The van der Waals surface area contributed by atoms with Crippen molar-refractivity contribution in [3.8, 4) is 23.3 Å². The van der Waals surface area contributed by atoms with Crippen molar-refractivity contribution >= 4 is 27.6 Å². The van der Waals surface area contributed by atoms with Crippen LogP contribution < -0.4 is 15.0 Å². The van der Waals surface area contributed by atoms with E-state index < -0.39 is 12.0 Å². The van der Waals surface area contributed by atoms with Crippen LogP contribution in [0, 0.1) is 17.1 Å². The van der Waals surface area contributed by atoms with Gasteiger partial charge in [0.2, 0.25) is 0 Å². The summed E-state index contributed by atoms with van der Waals surface area (Å²) in [4.78, 5) is 17.6. The molecule has 41 heavy (non-hydrogen) atoms. The Labute approximate surface area is 236 Å². The van der Waals surface area contributed by atoms with Gasteiger partial charge < -0.3 is 15.0 Å². The molecule has 0 aliphatic carbocycles. The van der Waals surface area contributed by atoms with E-state index in [1.165, 1.54) is 20.0 Å². The van der Waals surface area contributed by atoms with Crippen molar-refractivity contribution in [1.29, 1.82) is 5.26 Å². The van der Waals surface area contributed by atoms with Crippen LogP contribution in [-0.4, -0.2) is 87.7 Å². The SMILES string of the molecule is COc1nc(N2CCNC(CC#N)C2)c2cnc(-c3cccc4cnn(C)c34)c(F)c2n1.FC1CC2CCCN2C1. The molecule has 1 N–H and O–H groups in total. The van der Waals surface area contributed by atoms with Crippen LogP contribution in [0.4, 0.5) is 14.6 Å². The van der Waals surface area contributed by atoms with Crippen LogP contribution >= 0.6 is 0 Å². The number of ether oxygens (including phenoxy) is 1. The van der Waals surface area contributed by atoms with Gasteiger partial charge in [-0.1, -0.05) is 18.2 Å². The number of para-hydroxylation sites is 1. The van der Waals surface area contributed by atoms with Crippen LogP contribution in [0.25, 0.3) is 33.1 Å². The maximum absolute atomic E-state index is 15.9. The molecule has 3 aliphatic rings. The highest BCUT2D eigenvalue weighted by atomic mass is 19.1. The molecule has 3 aromatic heterocycles. The highest BCUT2D eigenvalue weighted by Crippen LogP contribution is 2.35. The normalized spacial score (nSPS) is 22.4. The number of hydrogen-bond donors (Lipinski definition) is 1. The third-order valence-electron chi connectivity index (χ3n) is 8.19. The van der Waals surface area contributed by atoms with Crippen molar-refractivity contribution < 1.29 is 13.5 Å². The van der Waals surface area contributed by atoms with Crippen molar-refractivity contribution in [3.63, 3.8) is 0 Å². The van der Waals surface area contributed by atoms with Crippen LogP contribution in [0.3, 0.4) is 0 Å². The Kier molecular flexibility index (Phi) is 7.64. The Morgan fingerprint density at radius 2 is 2.07 bits per heavy atom. The number of piperazine rings is 1. The Hall–Kier alpha value is -3.95. The van der Waals surface area contributed by atoms with E-state index in [0.29, 0.717) is 55.4 Å². The highest BCUT2D eigenvalue weighted by molar-refractivity contribution is 5.97. The van der Waals surface area contributed by atoms with Crippen molar-refractivity contribution in [2.75, 3.05) is 44.7 Å². The molecule has 3 aliphatic heterocycles. The van der Waals surface area contributed by atoms with Gasteiger partial charge in [0.25, 0.3) is 0 Å². The molecule has 3 atom stereocenters. The Balaban J connectivity index is 0.000000283. The first-order valence-corrected chi connectivity index (χ1v) is 14.0. The summed E-state index contributed by atoms with van der Waals surface area (Å²) >= 11 is 0. The number of benzene rings is 1. The molecule has 214 valence electrons. The Morgan fingerprint density at radius 3 is 2.88 bits per heavy atom. The molecular formula is C29H33F2N9O. The Bertz CT molecular complexity index is 1590. The predicted octanol–water partition coefficient (Wildman–Crippen LogP) is 3.61. The van der Waals surface area contributed by atoms with Gasteiger partial charge in [-0.25, -0.2) is 8.78 Å². The largest absolute Gasteiger partial charge is 0.467 e. The average Bonchev–Trinajstić information content (AvgIpc) is 3.68. The number of aromatic nitrogens is 5. The van der Waals surface area contributed by atoms with Gasteiger partial charge in [0.05, 0.1) is 36.7 Å². The van der Waals surface area contributed by atoms with Gasteiger partial charge in [-0.3, -0.25) is 14.6 Å². The van der Waals surface area contributed by atoms with Crippen LogP contribution in [0.1, 0.15) is 25.7 Å². The molecule has 6 heterocycles. The zero-order valence-corrected chi connectivity index (χ0v) is 23.2. The number of nitrogens with one attached hydrogen (secondary N) is 1. The molecule has 3 fully saturated rings. The number of methoxy groups -OCH3 is 1. The first kappa shape index (κ1) is 27.2.